The SMILES string of the molecule is C=CCc1cc(C=C2SC(=O)N(CC(=O)N3CCCCCC3)C2=O)cc(OCC)c1OCc1ccc(Br)cc1. The van der Waals surface area contributed by atoms with Crippen molar-refractivity contribution in [3.05, 3.63) is 75.1 Å². The molecule has 2 heterocycles. The summed E-state index contributed by atoms with van der Waals surface area (Å²) in [6, 6.07) is 11.6. The van der Waals surface area contributed by atoms with Crippen molar-refractivity contribution in [1.82, 2.24) is 9.80 Å². The van der Waals surface area contributed by atoms with Crippen LogP contribution >= 0.6 is 27.7 Å². The Labute approximate surface area is 242 Å². The van der Waals surface area contributed by atoms with Crippen LogP contribution in [0.5, 0.6) is 11.5 Å². The number of ether oxygens (including phenoxy) is 2. The summed E-state index contributed by atoms with van der Waals surface area (Å²) in [5.74, 6) is 0.537. The van der Waals surface area contributed by atoms with Gasteiger partial charge in [0.15, 0.2) is 11.5 Å². The van der Waals surface area contributed by atoms with Gasteiger partial charge in [0.25, 0.3) is 11.1 Å². The number of nitrogens with zero attached hydrogens (tertiary/aromatic N) is 2. The first-order chi connectivity index (χ1) is 18.9. The minimum absolute atomic E-state index is 0.181. The predicted octanol–water partition coefficient (Wildman–Crippen LogP) is 6.59. The summed E-state index contributed by atoms with van der Waals surface area (Å²) in [5, 5.41) is -0.430. The van der Waals surface area contributed by atoms with Crippen molar-refractivity contribution in [2.75, 3.05) is 26.2 Å². The average Bonchev–Trinajstić information content (AvgIpc) is 3.10. The Balaban J connectivity index is 1.55. The summed E-state index contributed by atoms with van der Waals surface area (Å²) in [7, 11) is 0. The van der Waals surface area contributed by atoms with Crippen LogP contribution in [0.2, 0.25) is 0 Å². The summed E-state index contributed by atoms with van der Waals surface area (Å²) in [4.78, 5) is 41.8. The molecule has 0 saturated carbocycles. The van der Waals surface area contributed by atoms with Crippen LogP contribution in [0.4, 0.5) is 4.79 Å². The van der Waals surface area contributed by atoms with Gasteiger partial charge in [-0.15, -0.1) is 6.58 Å². The van der Waals surface area contributed by atoms with E-state index in [1.807, 2.05) is 43.3 Å². The molecule has 7 nitrogen and oxygen atoms in total. The van der Waals surface area contributed by atoms with Crippen molar-refractivity contribution in [3.8, 4) is 11.5 Å². The van der Waals surface area contributed by atoms with Gasteiger partial charge in [0, 0.05) is 23.1 Å². The lowest BCUT2D eigenvalue weighted by atomic mass is 10.0. The highest BCUT2D eigenvalue weighted by Gasteiger charge is 2.37. The van der Waals surface area contributed by atoms with Crippen molar-refractivity contribution < 1.29 is 23.9 Å². The van der Waals surface area contributed by atoms with Crippen LogP contribution in [0.15, 0.2) is 58.4 Å². The normalized spacial score (nSPS) is 16.9. The Morgan fingerprint density at radius 3 is 2.46 bits per heavy atom. The largest absolute Gasteiger partial charge is 0.490 e. The second-order valence-corrected chi connectivity index (χ2v) is 11.3. The highest BCUT2D eigenvalue weighted by atomic mass is 79.9. The molecule has 206 valence electrons. The lowest BCUT2D eigenvalue weighted by Crippen LogP contribution is -2.42. The minimum Gasteiger partial charge on any atom is -0.490 e. The lowest BCUT2D eigenvalue weighted by Gasteiger charge is -2.22. The van der Waals surface area contributed by atoms with Crippen molar-refractivity contribution in [2.45, 2.75) is 45.6 Å². The molecule has 2 aliphatic rings. The fourth-order valence-corrected chi connectivity index (χ4v) is 5.68. The lowest BCUT2D eigenvalue weighted by molar-refractivity contribution is -0.135. The topological polar surface area (TPSA) is 76.2 Å². The molecule has 3 amide bonds. The monoisotopic (exact) mass is 612 g/mol. The molecule has 39 heavy (non-hydrogen) atoms. The van der Waals surface area contributed by atoms with Crippen LogP contribution in [-0.2, 0) is 22.6 Å². The number of halogens is 1. The zero-order valence-corrected chi connectivity index (χ0v) is 24.5. The van der Waals surface area contributed by atoms with Gasteiger partial charge in [-0.25, -0.2) is 0 Å². The van der Waals surface area contributed by atoms with Crippen LogP contribution in [0.3, 0.4) is 0 Å². The van der Waals surface area contributed by atoms with Crippen LogP contribution < -0.4 is 9.47 Å². The number of likely N-dealkylation sites (tertiary alicyclic amines) is 1. The van der Waals surface area contributed by atoms with E-state index in [0.717, 1.165) is 57.9 Å². The van der Waals surface area contributed by atoms with Crippen LogP contribution in [0.25, 0.3) is 6.08 Å². The van der Waals surface area contributed by atoms with Crippen molar-refractivity contribution >= 4 is 50.8 Å². The fraction of sp³-hybridized carbons (Fsp3) is 0.367. The number of rotatable bonds is 10. The van der Waals surface area contributed by atoms with E-state index in [4.69, 9.17) is 9.47 Å². The fourth-order valence-electron chi connectivity index (χ4n) is 4.58. The quantitative estimate of drug-likeness (QED) is 0.222. The minimum atomic E-state index is -0.452. The van der Waals surface area contributed by atoms with E-state index in [1.165, 1.54) is 0 Å². The number of thioether (sulfide) groups is 1. The first-order valence-corrected chi connectivity index (χ1v) is 14.8. The second-order valence-electron chi connectivity index (χ2n) is 9.41. The Morgan fingerprint density at radius 2 is 1.79 bits per heavy atom. The molecule has 9 heteroatoms. The number of carbonyl (C=O) groups excluding carboxylic acids is 3. The van der Waals surface area contributed by atoms with Crippen molar-refractivity contribution in [2.24, 2.45) is 0 Å². The maximum Gasteiger partial charge on any atom is 0.294 e. The van der Waals surface area contributed by atoms with Gasteiger partial charge >= 0.3 is 0 Å². The van der Waals surface area contributed by atoms with Gasteiger partial charge in [0.05, 0.1) is 11.5 Å². The maximum absolute atomic E-state index is 13.1. The highest BCUT2D eigenvalue weighted by molar-refractivity contribution is 9.10. The zero-order chi connectivity index (χ0) is 27.8. The molecule has 0 aromatic heterocycles. The summed E-state index contributed by atoms with van der Waals surface area (Å²) >= 11 is 4.30. The number of benzene rings is 2. The van der Waals surface area contributed by atoms with Gasteiger partial charge in [-0.3, -0.25) is 19.3 Å². The van der Waals surface area contributed by atoms with E-state index >= 15 is 0 Å². The zero-order valence-electron chi connectivity index (χ0n) is 22.1. The van der Waals surface area contributed by atoms with E-state index in [-0.39, 0.29) is 17.4 Å². The van der Waals surface area contributed by atoms with Gasteiger partial charge < -0.3 is 14.4 Å². The summed E-state index contributed by atoms with van der Waals surface area (Å²) < 4.78 is 13.1. The average molecular weight is 614 g/mol. The molecule has 0 unspecified atom stereocenters. The summed E-state index contributed by atoms with van der Waals surface area (Å²) in [5.41, 5.74) is 2.57. The van der Waals surface area contributed by atoms with Crippen LogP contribution in [0.1, 0.15) is 49.3 Å². The molecule has 2 aromatic carbocycles. The molecule has 0 N–H and O–H groups in total. The van der Waals surface area contributed by atoms with Gasteiger partial charge in [-0.1, -0.05) is 47.0 Å². The van der Waals surface area contributed by atoms with E-state index in [0.29, 0.717) is 49.8 Å². The second kappa shape index (κ2) is 13.8. The number of hydrogen-bond acceptors (Lipinski definition) is 6. The predicted molar refractivity (Wildman–Crippen MR) is 158 cm³/mol. The smallest absolute Gasteiger partial charge is 0.294 e. The highest BCUT2D eigenvalue weighted by Crippen LogP contribution is 2.38. The molecule has 0 spiro atoms. The van der Waals surface area contributed by atoms with E-state index in [9.17, 15) is 14.4 Å². The van der Waals surface area contributed by atoms with E-state index < -0.39 is 11.1 Å². The molecular formula is C30H33BrN2O5S. The Bertz CT molecular complexity index is 1250. The van der Waals surface area contributed by atoms with Crippen molar-refractivity contribution in [3.63, 3.8) is 0 Å². The summed E-state index contributed by atoms with van der Waals surface area (Å²) in [6.07, 6.45) is 8.08. The Hall–Kier alpha value is -3.04. The number of carbonyl (C=O) groups is 3. The van der Waals surface area contributed by atoms with E-state index in [2.05, 4.69) is 22.5 Å². The number of hydrogen-bond donors (Lipinski definition) is 0. The Morgan fingerprint density at radius 1 is 1.08 bits per heavy atom. The third-order valence-electron chi connectivity index (χ3n) is 6.54. The molecule has 2 fully saturated rings. The standard InChI is InChI=1S/C30H33BrN2O5S/c1-3-9-23-16-22(17-25(37-4-2)28(23)38-20-21-10-12-24(31)13-11-21)18-26-29(35)33(30(36)39-26)19-27(34)32-14-7-5-6-8-15-32/h3,10-13,16-18H,1,4-9,14-15,19-20H2,2H3. The molecule has 2 aromatic rings. The van der Waals surface area contributed by atoms with Crippen LogP contribution in [0, 0.1) is 0 Å². The maximum atomic E-state index is 13.1. The molecular weight excluding hydrogens is 580 g/mol. The van der Waals surface area contributed by atoms with Gasteiger partial charge in [0.1, 0.15) is 13.2 Å². The molecule has 0 radical (unpaired) electrons. The molecule has 4 rings (SSSR count). The molecule has 0 aliphatic carbocycles. The first-order valence-electron chi connectivity index (χ1n) is 13.2. The van der Waals surface area contributed by atoms with Gasteiger partial charge in [-0.2, -0.15) is 0 Å². The number of imide groups is 1. The van der Waals surface area contributed by atoms with Gasteiger partial charge in [-0.05, 0) is 79.4 Å². The third-order valence-corrected chi connectivity index (χ3v) is 7.97. The number of allylic oxidation sites excluding steroid dienone is 1. The Kier molecular flexibility index (Phi) is 10.3. The molecule has 2 aliphatic heterocycles. The molecule has 0 bridgehead atoms. The van der Waals surface area contributed by atoms with E-state index in [1.54, 1.807) is 17.1 Å². The molecule has 0 atom stereocenters. The van der Waals surface area contributed by atoms with Crippen molar-refractivity contribution in [1.29, 1.82) is 0 Å². The van der Waals surface area contributed by atoms with Gasteiger partial charge in [0.2, 0.25) is 5.91 Å². The molecule has 2 saturated heterocycles. The first kappa shape index (κ1) is 29.0. The summed E-state index contributed by atoms with van der Waals surface area (Å²) in [6.45, 7) is 7.68. The van der Waals surface area contributed by atoms with Crippen LogP contribution in [-0.4, -0.2) is 53.1 Å². The number of amides is 3. The third kappa shape index (κ3) is 7.54.